The van der Waals surface area contributed by atoms with Crippen LogP contribution in [-0.2, 0) is 0 Å². The first-order valence-corrected chi connectivity index (χ1v) is 3.82. The molecular formula is C10H9NO. The van der Waals surface area contributed by atoms with Crippen molar-refractivity contribution in [2.75, 3.05) is 0 Å². The fraction of sp³-hybridized carbons (Fsp3) is 0.100. The Labute approximate surface area is 70.5 Å². The van der Waals surface area contributed by atoms with Crippen molar-refractivity contribution >= 4 is 10.9 Å². The van der Waals surface area contributed by atoms with E-state index in [2.05, 4.69) is 4.98 Å². The maximum Gasteiger partial charge on any atom is 0.142 e. The van der Waals surface area contributed by atoms with Gasteiger partial charge in [0, 0.05) is 11.6 Å². The number of pyridine rings is 1. The van der Waals surface area contributed by atoms with Crippen LogP contribution in [-0.4, -0.2) is 10.1 Å². The molecule has 0 atom stereocenters. The second-order valence-electron chi connectivity index (χ2n) is 2.86. The molecule has 0 amide bonds. The highest BCUT2D eigenvalue weighted by Crippen LogP contribution is 2.23. The number of hydrogen-bond donors (Lipinski definition) is 1. The molecule has 0 unspecified atom stereocenters. The molecule has 0 fully saturated rings. The highest BCUT2D eigenvalue weighted by molar-refractivity contribution is 5.84. The molecule has 12 heavy (non-hydrogen) atoms. The van der Waals surface area contributed by atoms with Crippen LogP contribution in [0.2, 0.25) is 0 Å². The summed E-state index contributed by atoms with van der Waals surface area (Å²) >= 11 is 0. The van der Waals surface area contributed by atoms with Gasteiger partial charge in [0.1, 0.15) is 11.3 Å². The second kappa shape index (κ2) is 2.48. The molecule has 0 saturated heterocycles. The van der Waals surface area contributed by atoms with Crippen molar-refractivity contribution in [3.05, 3.63) is 36.0 Å². The number of fused-ring (bicyclic) bond motifs is 1. The van der Waals surface area contributed by atoms with Crippen LogP contribution < -0.4 is 0 Å². The van der Waals surface area contributed by atoms with E-state index in [-0.39, 0.29) is 5.75 Å². The molecule has 60 valence electrons. The van der Waals surface area contributed by atoms with E-state index in [1.807, 2.05) is 25.1 Å². The van der Waals surface area contributed by atoms with Crippen LogP contribution in [0.15, 0.2) is 30.5 Å². The lowest BCUT2D eigenvalue weighted by Gasteiger charge is -2.00. The quantitative estimate of drug-likeness (QED) is 0.639. The standard InChI is InChI=1S/C10H9NO/c1-7-5-8-3-2-4-11-10(8)9(12)6-7/h2-6,12H,1H3. The summed E-state index contributed by atoms with van der Waals surface area (Å²) < 4.78 is 0. The molecule has 0 spiro atoms. The first kappa shape index (κ1) is 7.10. The van der Waals surface area contributed by atoms with Gasteiger partial charge in [0.05, 0.1) is 0 Å². The number of aryl methyl sites for hydroxylation is 1. The Bertz CT molecular complexity index is 423. The summed E-state index contributed by atoms with van der Waals surface area (Å²) in [6.07, 6.45) is 1.68. The van der Waals surface area contributed by atoms with Crippen molar-refractivity contribution in [1.29, 1.82) is 0 Å². The molecule has 0 bridgehead atoms. The van der Waals surface area contributed by atoms with Crippen molar-refractivity contribution in [3.8, 4) is 5.75 Å². The number of hydrogen-bond acceptors (Lipinski definition) is 2. The van der Waals surface area contributed by atoms with E-state index in [1.54, 1.807) is 12.3 Å². The predicted octanol–water partition coefficient (Wildman–Crippen LogP) is 2.25. The maximum atomic E-state index is 9.49. The van der Waals surface area contributed by atoms with E-state index in [0.717, 1.165) is 10.9 Å². The summed E-state index contributed by atoms with van der Waals surface area (Å²) in [5.74, 6) is 0.255. The van der Waals surface area contributed by atoms with Gasteiger partial charge in [0.15, 0.2) is 0 Å². The molecule has 2 heteroatoms. The largest absolute Gasteiger partial charge is 0.506 e. The molecular weight excluding hydrogens is 150 g/mol. The number of nitrogens with zero attached hydrogens (tertiary/aromatic N) is 1. The molecule has 2 rings (SSSR count). The van der Waals surface area contributed by atoms with Gasteiger partial charge in [-0.2, -0.15) is 0 Å². The average Bonchev–Trinajstić information content (AvgIpc) is 2.04. The molecule has 0 radical (unpaired) electrons. The molecule has 0 aliphatic heterocycles. The molecule has 1 aromatic heterocycles. The van der Waals surface area contributed by atoms with Gasteiger partial charge in [0.2, 0.25) is 0 Å². The van der Waals surface area contributed by atoms with E-state index in [9.17, 15) is 5.11 Å². The minimum absolute atomic E-state index is 0.255. The number of aromatic nitrogens is 1. The van der Waals surface area contributed by atoms with Crippen LogP contribution in [0, 0.1) is 6.92 Å². The Balaban J connectivity index is 2.89. The second-order valence-corrected chi connectivity index (χ2v) is 2.86. The van der Waals surface area contributed by atoms with E-state index < -0.39 is 0 Å². The van der Waals surface area contributed by atoms with E-state index in [4.69, 9.17) is 0 Å². The summed E-state index contributed by atoms with van der Waals surface area (Å²) in [5.41, 5.74) is 1.72. The lowest BCUT2D eigenvalue weighted by atomic mass is 10.1. The minimum Gasteiger partial charge on any atom is -0.506 e. The Morgan fingerprint density at radius 1 is 1.33 bits per heavy atom. The highest BCUT2D eigenvalue weighted by atomic mass is 16.3. The highest BCUT2D eigenvalue weighted by Gasteiger charge is 1.99. The SMILES string of the molecule is Cc1cc(O)c2ncccc2c1. The van der Waals surface area contributed by atoms with Gasteiger partial charge < -0.3 is 5.11 Å². The zero-order valence-electron chi connectivity index (χ0n) is 6.78. The smallest absolute Gasteiger partial charge is 0.142 e. The van der Waals surface area contributed by atoms with E-state index in [1.165, 1.54) is 0 Å². The zero-order valence-corrected chi connectivity index (χ0v) is 6.78. The summed E-state index contributed by atoms with van der Waals surface area (Å²) in [6, 6.07) is 7.52. The van der Waals surface area contributed by atoms with Crippen LogP contribution in [0.4, 0.5) is 0 Å². The Morgan fingerprint density at radius 2 is 2.17 bits per heavy atom. The molecule has 1 aromatic carbocycles. The van der Waals surface area contributed by atoms with Crippen molar-refractivity contribution < 1.29 is 5.11 Å². The van der Waals surface area contributed by atoms with Gasteiger partial charge in [-0.15, -0.1) is 0 Å². The lowest BCUT2D eigenvalue weighted by Crippen LogP contribution is -1.80. The first-order chi connectivity index (χ1) is 5.77. The summed E-state index contributed by atoms with van der Waals surface area (Å²) in [5, 5.41) is 10.5. The monoisotopic (exact) mass is 159 g/mol. The first-order valence-electron chi connectivity index (χ1n) is 3.82. The fourth-order valence-corrected chi connectivity index (χ4v) is 1.32. The van der Waals surface area contributed by atoms with Crippen LogP contribution in [0.5, 0.6) is 5.75 Å². The van der Waals surface area contributed by atoms with Crippen LogP contribution in [0.25, 0.3) is 10.9 Å². The van der Waals surface area contributed by atoms with Gasteiger partial charge in [-0.3, -0.25) is 4.98 Å². The van der Waals surface area contributed by atoms with E-state index >= 15 is 0 Å². The summed E-state index contributed by atoms with van der Waals surface area (Å²) in [6.45, 7) is 1.95. The van der Waals surface area contributed by atoms with Gasteiger partial charge >= 0.3 is 0 Å². The predicted molar refractivity (Wildman–Crippen MR) is 48.1 cm³/mol. The van der Waals surface area contributed by atoms with E-state index in [0.29, 0.717) is 5.52 Å². The van der Waals surface area contributed by atoms with Crippen molar-refractivity contribution in [3.63, 3.8) is 0 Å². The topological polar surface area (TPSA) is 33.1 Å². The van der Waals surface area contributed by atoms with Crippen molar-refractivity contribution in [1.82, 2.24) is 4.98 Å². The van der Waals surface area contributed by atoms with Crippen LogP contribution in [0.1, 0.15) is 5.56 Å². The molecule has 2 nitrogen and oxygen atoms in total. The molecule has 0 saturated carbocycles. The fourth-order valence-electron chi connectivity index (χ4n) is 1.32. The molecule has 1 N–H and O–H groups in total. The van der Waals surface area contributed by atoms with Crippen LogP contribution >= 0.6 is 0 Å². The van der Waals surface area contributed by atoms with Gasteiger partial charge in [-0.05, 0) is 30.7 Å². The minimum atomic E-state index is 0.255. The molecule has 1 heterocycles. The van der Waals surface area contributed by atoms with Gasteiger partial charge in [-0.1, -0.05) is 6.07 Å². The molecule has 0 aliphatic rings. The third-order valence-corrected chi connectivity index (χ3v) is 1.83. The number of aromatic hydroxyl groups is 1. The Kier molecular flexibility index (Phi) is 1.47. The lowest BCUT2D eigenvalue weighted by molar-refractivity contribution is 0.480. The number of phenols is 1. The summed E-state index contributed by atoms with van der Waals surface area (Å²) in [4.78, 5) is 4.07. The zero-order chi connectivity index (χ0) is 8.55. The van der Waals surface area contributed by atoms with Crippen LogP contribution in [0.3, 0.4) is 0 Å². The van der Waals surface area contributed by atoms with Crippen molar-refractivity contribution in [2.45, 2.75) is 6.92 Å². The molecule has 2 aromatic rings. The summed E-state index contributed by atoms with van der Waals surface area (Å²) in [7, 11) is 0. The Hall–Kier alpha value is -1.57. The number of phenolic OH excluding ortho intramolecular Hbond substituents is 1. The van der Waals surface area contributed by atoms with Gasteiger partial charge in [0.25, 0.3) is 0 Å². The number of rotatable bonds is 0. The van der Waals surface area contributed by atoms with Crippen molar-refractivity contribution in [2.24, 2.45) is 0 Å². The normalized spacial score (nSPS) is 10.4. The number of benzene rings is 1. The third kappa shape index (κ3) is 1.01. The van der Waals surface area contributed by atoms with Gasteiger partial charge in [-0.25, -0.2) is 0 Å². The third-order valence-electron chi connectivity index (χ3n) is 1.83. The average molecular weight is 159 g/mol. The Morgan fingerprint density at radius 3 is 3.00 bits per heavy atom. The maximum absolute atomic E-state index is 9.49. The molecule has 0 aliphatic carbocycles.